The van der Waals surface area contributed by atoms with Gasteiger partial charge >= 0.3 is 6.03 Å². The van der Waals surface area contributed by atoms with Crippen LogP contribution in [-0.2, 0) is 6.42 Å². The molecule has 0 heterocycles. The SMILES string of the molecule is COc1cc(C(C)C)ccc1CCN(C)C(N)=O. The zero-order chi connectivity index (χ0) is 13.7. The Balaban J connectivity index is 2.80. The fraction of sp³-hybridized carbons (Fsp3) is 0.500. The third-order valence-corrected chi connectivity index (χ3v) is 3.07. The van der Waals surface area contributed by atoms with E-state index in [9.17, 15) is 4.79 Å². The smallest absolute Gasteiger partial charge is 0.314 e. The van der Waals surface area contributed by atoms with Crippen molar-refractivity contribution in [2.75, 3.05) is 20.7 Å². The summed E-state index contributed by atoms with van der Waals surface area (Å²) in [6.07, 6.45) is 0.737. The molecule has 4 nitrogen and oxygen atoms in total. The lowest BCUT2D eigenvalue weighted by atomic mass is 10.00. The number of likely N-dealkylation sites (N-methyl/N-ethyl adjacent to an activating group) is 1. The Labute approximate surface area is 109 Å². The number of carbonyl (C=O) groups is 1. The minimum atomic E-state index is -0.409. The molecule has 0 atom stereocenters. The first kappa shape index (κ1) is 14.4. The molecule has 100 valence electrons. The molecule has 0 bridgehead atoms. The lowest BCUT2D eigenvalue weighted by molar-refractivity contribution is 0.219. The Morgan fingerprint density at radius 3 is 2.61 bits per heavy atom. The highest BCUT2D eigenvalue weighted by Crippen LogP contribution is 2.25. The second-order valence-corrected chi connectivity index (χ2v) is 4.74. The summed E-state index contributed by atoms with van der Waals surface area (Å²) in [6.45, 7) is 4.89. The predicted molar refractivity (Wildman–Crippen MR) is 73.0 cm³/mol. The van der Waals surface area contributed by atoms with Gasteiger partial charge in [-0.1, -0.05) is 26.0 Å². The van der Waals surface area contributed by atoms with E-state index in [1.54, 1.807) is 14.2 Å². The van der Waals surface area contributed by atoms with Gasteiger partial charge in [-0.25, -0.2) is 4.79 Å². The molecule has 1 aromatic rings. The summed E-state index contributed by atoms with van der Waals surface area (Å²) in [6, 6.07) is 5.81. The van der Waals surface area contributed by atoms with E-state index in [1.165, 1.54) is 10.5 Å². The van der Waals surface area contributed by atoms with Gasteiger partial charge < -0.3 is 15.4 Å². The van der Waals surface area contributed by atoms with Gasteiger partial charge in [-0.3, -0.25) is 0 Å². The monoisotopic (exact) mass is 250 g/mol. The van der Waals surface area contributed by atoms with Gasteiger partial charge in [-0.2, -0.15) is 0 Å². The third kappa shape index (κ3) is 3.65. The lowest BCUT2D eigenvalue weighted by Gasteiger charge is -2.16. The molecule has 0 aliphatic rings. The first-order chi connectivity index (χ1) is 8.45. The molecule has 0 aromatic heterocycles. The number of methoxy groups -OCH3 is 1. The molecular weight excluding hydrogens is 228 g/mol. The summed E-state index contributed by atoms with van der Waals surface area (Å²) in [5, 5.41) is 0. The van der Waals surface area contributed by atoms with Crippen molar-refractivity contribution in [3.05, 3.63) is 29.3 Å². The van der Waals surface area contributed by atoms with Gasteiger partial charge in [0, 0.05) is 13.6 Å². The highest BCUT2D eigenvalue weighted by molar-refractivity contribution is 5.71. The van der Waals surface area contributed by atoms with Gasteiger partial charge in [0.25, 0.3) is 0 Å². The lowest BCUT2D eigenvalue weighted by Crippen LogP contribution is -2.33. The molecule has 1 rings (SSSR count). The van der Waals surface area contributed by atoms with E-state index in [0.717, 1.165) is 17.7 Å². The first-order valence-corrected chi connectivity index (χ1v) is 6.13. The number of hydrogen-bond donors (Lipinski definition) is 1. The Morgan fingerprint density at radius 2 is 2.11 bits per heavy atom. The largest absolute Gasteiger partial charge is 0.496 e. The Morgan fingerprint density at radius 1 is 1.44 bits per heavy atom. The molecule has 18 heavy (non-hydrogen) atoms. The summed E-state index contributed by atoms with van der Waals surface area (Å²) < 4.78 is 5.39. The number of nitrogens with zero attached hydrogens (tertiary/aromatic N) is 1. The van der Waals surface area contributed by atoms with Crippen LogP contribution in [-0.4, -0.2) is 31.6 Å². The molecule has 0 fully saturated rings. The van der Waals surface area contributed by atoms with E-state index >= 15 is 0 Å². The highest BCUT2D eigenvalue weighted by atomic mass is 16.5. The van der Waals surface area contributed by atoms with Gasteiger partial charge in [0.15, 0.2) is 0 Å². The van der Waals surface area contributed by atoms with Crippen molar-refractivity contribution < 1.29 is 9.53 Å². The number of rotatable bonds is 5. The average Bonchev–Trinajstić information content (AvgIpc) is 2.35. The number of hydrogen-bond acceptors (Lipinski definition) is 2. The number of urea groups is 1. The summed E-state index contributed by atoms with van der Waals surface area (Å²) in [5.74, 6) is 1.35. The van der Waals surface area contributed by atoms with E-state index in [0.29, 0.717) is 12.5 Å². The minimum absolute atomic E-state index is 0.409. The first-order valence-electron chi connectivity index (χ1n) is 6.13. The second-order valence-electron chi connectivity index (χ2n) is 4.74. The Kier molecular flexibility index (Phi) is 5.01. The number of amides is 2. The van der Waals surface area contributed by atoms with E-state index in [-0.39, 0.29) is 0 Å². The van der Waals surface area contributed by atoms with Gasteiger partial charge in [0.2, 0.25) is 0 Å². The molecule has 0 spiro atoms. The van der Waals surface area contributed by atoms with Crippen molar-refractivity contribution in [3.63, 3.8) is 0 Å². The van der Waals surface area contributed by atoms with Crippen LogP contribution in [0, 0.1) is 0 Å². The zero-order valence-corrected chi connectivity index (χ0v) is 11.6. The van der Waals surface area contributed by atoms with Crippen molar-refractivity contribution in [1.29, 1.82) is 0 Å². The molecule has 0 radical (unpaired) electrons. The van der Waals surface area contributed by atoms with E-state index in [1.807, 2.05) is 0 Å². The van der Waals surface area contributed by atoms with E-state index in [4.69, 9.17) is 10.5 Å². The highest BCUT2D eigenvalue weighted by Gasteiger charge is 2.09. The number of ether oxygens (including phenoxy) is 1. The number of nitrogens with two attached hydrogens (primary N) is 1. The molecule has 2 amide bonds. The summed E-state index contributed by atoms with van der Waals surface area (Å²) in [4.78, 5) is 12.4. The van der Waals surface area contributed by atoms with Crippen molar-refractivity contribution in [3.8, 4) is 5.75 Å². The van der Waals surface area contributed by atoms with Gasteiger partial charge in [0.05, 0.1) is 7.11 Å². The quantitative estimate of drug-likeness (QED) is 0.872. The van der Waals surface area contributed by atoms with Gasteiger partial charge in [0.1, 0.15) is 5.75 Å². The van der Waals surface area contributed by atoms with Crippen LogP contribution in [0.2, 0.25) is 0 Å². The molecule has 4 heteroatoms. The van der Waals surface area contributed by atoms with Crippen LogP contribution in [0.3, 0.4) is 0 Å². The molecule has 0 saturated heterocycles. The molecule has 0 aliphatic heterocycles. The zero-order valence-electron chi connectivity index (χ0n) is 11.6. The van der Waals surface area contributed by atoms with Crippen LogP contribution in [0.1, 0.15) is 30.9 Å². The van der Waals surface area contributed by atoms with Crippen molar-refractivity contribution in [2.24, 2.45) is 5.73 Å². The van der Waals surface area contributed by atoms with Crippen LogP contribution in [0.4, 0.5) is 4.79 Å². The van der Waals surface area contributed by atoms with Crippen LogP contribution < -0.4 is 10.5 Å². The maximum absolute atomic E-state index is 10.9. The number of benzene rings is 1. The molecule has 1 aromatic carbocycles. The Hall–Kier alpha value is -1.71. The van der Waals surface area contributed by atoms with Crippen LogP contribution in [0.15, 0.2) is 18.2 Å². The fourth-order valence-electron chi connectivity index (χ4n) is 1.73. The third-order valence-electron chi connectivity index (χ3n) is 3.07. The van der Waals surface area contributed by atoms with Crippen LogP contribution in [0.5, 0.6) is 5.75 Å². The maximum atomic E-state index is 10.9. The predicted octanol–water partition coefficient (Wildman–Crippen LogP) is 2.37. The topological polar surface area (TPSA) is 55.6 Å². The van der Waals surface area contributed by atoms with Gasteiger partial charge in [-0.15, -0.1) is 0 Å². The summed E-state index contributed by atoms with van der Waals surface area (Å²) >= 11 is 0. The van der Waals surface area contributed by atoms with Crippen molar-refractivity contribution in [2.45, 2.75) is 26.2 Å². The van der Waals surface area contributed by atoms with Gasteiger partial charge in [-0.05, 0) is 29.5 Å². The molecule has 0 aliphatic carbocycles. The van der Waals surface area contributed by atoms with E-state index < -0.39 is 6.03 Å². The van der Waals surface area contributed by atoms with E-state index in [2.05, 4.69) is 32.0 Å². The fourth-order valence-corrected chi connectivity index (χ4v) is 1.73. The molecular formula is C14H22N2O2. The minimum Gasteiger partial charge on any atom is -0.496 e. The van der Waals surface area contributed by atoms with Crippen molar-refractivity contribution in [1.82, 2.24) is 4.90 Å². The number of primary amides is 1. The van der Waals surface area contributed by atoms with Crippen LogP contribution in [0.25, 0.3) is 0 Å². The average molecular weight is 250 g/mol. The molecule has 2 N–H and O–H groups in total. The second kappa shape index (κ2) is 6.28. The normalized spacial score (nSPS) is 10.5. The molecule has 0 unspecified atom stereocenters. The summed E-state index contributed by atoms with van der Waals surface area (Å²) in [7, 11) is 3.36. The molecule has 0 saturated carbocycles. The van der Waals surface area contributed by atoms with Crippen molar-refractivity contribution >= 4 is 6.03 Å². The Bertz CT molecular complexity index is 416. The maximum Gasteiger partial charge on any atom is 0.314 e. The number of carbonyl (C=O) groups excluding carboxylic acids is 1. The van der Waals surface area contributed by atoms with Crippen LogP contribution >= 0.6 is 0 Å². The summed E-state index contributed by atoms with van der Waals surface area (Å²) in [5.41, 5.74) is 7.53. The standard InChI is InChI=1S/C14H22N2O2/c1-10(2)12-6-5-11(13(9-12)18-4)7-8-16(3)14(15)17/h5-6,9-10H,7-8H2,1-4H3,(H2,15,17).